The number of ether oxygens (including phenoxy) is 2. The molecule has 1 heterocycles. The first-order chi connectivity index (χ1) is 15.0. The maximum Gasteiger partial charge on any atom is 0.279 e. The molecule has 0 amide bonds. The van der Waals surface area contributed by atoms with E-state index in [-0.39, 0.29) is 16.9 Å². The third-order valence-corrected chi connectivity index (χ3v) is 6.84. The summed E-state index contributed by atoms with van der Waals surface area (Å²) in [5.74, 6) is 0.559. The smallest absolute Gasteiger partial charge is 0.279 e. The van der Waals surface area contributed by atoms with E-state index in [9.17, 15) is 12.8 Å². The summed E-state index contributed by atoms with van der Waals surface area (Å²) in [4.78, 5) is 0.0913. The van der Waals surface area contributed by atoms with Crippen molar-refractivity contribution in [2.24, 2.45) is 5.10 Å². The van der Waals surface area contributed by atoms with Gasteiger partial charge in [0.2, 0.25) is 0 Å². The molecule has 31 heavy (non-hydrogen) atoms. The van der Waals surface area contributed by atoms with Gasteiger partial charge in [-0.25, -0.2) is 4.39 Å². The Balaban J connectivity index is 1.82. The molecule has 0 unspecified atom stereocenters. The molecule has 3 aromatic carbocycles. The molecule has 0 aromatic heterocycles. The zero-order valence-electron chi connectivity index (χ0n) is 17.0. The quantitative estimate of drug-likeness (QED) is 0.570. The zero-order valence-corrected chi connectivity index (χ0v) is 17.8. The van der Waals surface area contributed by atoms with Crippen LogP contribution in [-0.2, 0) is 10.0 Å². The topological polar surface area (TPSA) is 68.2 Å². The van der Waals surface area contributed by atoms with Crippen LogP contribution < -0.4 is 9.47 Å². The molecule has 0 saturated heterocycles. The van der Waals surface area contributed by atoms with E-state index in [2.05, 4.69) is 5.10 Å². The largest absolute Gasteiger partial charge is 0.493 e. The van der Waals surface area contributed by atoms with E-state index in [1.54, 1.807) is 54.6 Å². The van der Waals surface area contributed by atoms with Crippen molar-refractivity contribution in [2.45, 2.75) is 17.4 Å². The molecule has 0 N–H and O–H groups in total. The van der Waals surface area contributed by atoms with Gasteiger partial charge in [-0.1, -0.05) is 36.4 Å². The summed E-state index contributed by atoms with van der Waals surface area (Å²) in [6.45, 7) is 0. The van der Waals surface area contributed by atoms with Crippen LogP contribution in [0.15, 0.2) is 82.8 Å². The fourth-order valence-electron chi connectivity index (χ4n) is 3.58. The van der Waals surface area contributed by atoms with E-state index in [1.807, 2.05) is 0 Å². The van der Waals surface area contributed by atoms with Crippen molar-refractivity contribution >= 4 is 15.7 Å². The summed E-state index contributed by atoms with van der Waals surface area (Å²) in [6, 6.07) is 18.6. The van der Waals surface area contributed by atoms with E-state index in [1.165, 1.54) is 32.4 Å². The zero-order chi connectivity index (χ0) is 22.0. The van der Waals surface area contributed by atoms with Gasteiger partial charge in [0.1, 0.15) is 5.82 Å². The summed E-state index contributed by atoms with van der Waals surface area (Å²) in [6.07, 6.45) is 0.211. The predicted molar refractivity (Wildman–Crippen MR) is 115 cm³/mol. The molecule has 3 aromatic rings. The van der Waals surface area contributed by atoms with Gasteiger partial charge in [-0.15, -0.1) is 0 Å². The van der Waals surface area contributed by atoms with Crippen molar-refractivity contribution in [3.05, 3.63) is 89.7 Å². The second-order valence-electron chi connectivity index (χ2n) is 6.95. The number of hydrazone groups is 1. The minimum Gasteiger partial charge on any atom is -0.493 e. The Kier molecular flexibility index (Phi) is 5.65. The number of methoxy groups -OCH3 is 2. The molecule has 0 radical (unpaired) electrons. The van der Waals surface area contributed by atoms with Crippen molar-refractivity contribution < 1.29 is 22.3 Å². The highest BCUT2D eigenvalue weighted by Crippen LogP contribution is 2.39. The summed E-state index contributed by atoms with van der Waals surface area (Å²) >= 11 is 0. The van der Waals surface area contributed by atoms with E-state index in [0.29, 0.717) is 22.8 Å². The van der Waals surface area contributed by atoms with Gasteiger partial charge in [0.25, 0.3) is 10.0 Å². The van der Waals surface area contributed by atoms with Crippen LogP contribution in [0, 0.1) is 5.82 Å². The molecule has 0 bridgehead atoms. The standard InChI is InChI=1S/C23H21FN2O4S/c1-29-22-13-12-16(14-23(22)30-2)20-15-21(18-10-6-7-11-19(18)24)26(25-20)31(27,28)17-8-4-3-5-9-17/h3-14,21H,15H2,1-2H3/t21-/m1/s1. The number of benzene rings is 3. The van der Waals surface area contributed by atoms with Crippen LogP contribution in [0.1, 0.15) is 23.6 Å². The minimum atomic E-state index is -4.00. The number of hydrogen-bond acceptors (Lipinski definition) is 5. The van der Waals surface area contributed by atoms with Gasteiger partial charge in [-0.05, 0) is 36.4 Å². The number of rotatable bonds is 6. The van der Waals surface area contributed by atoms with E-state index in [4.69, 9.17) is 9.47 Å². The first-order valence-corrected chi connectivity index (χ1v) is 11.0. The van der Waals surface area contributed by atoms with Crippen molar-refractivity contribution in [1.82, 2.24) is 4.41 Å². The number of hydrogen-bond donors (Lipinski definition) is 0. The molecular formula is C23H21FN2O4S. The third kappa shape index (κ3) is 3.86. The molecular weight excluding hydrogens is 419 g/mol. The summed E-state index contributed by atoms with van der Waals surface area (Å²) in [5, 5.41) is 4.44. The second-order valence-corrected chi connectivity index (χ2v) is 8.74. The third-order valence-electron chi connectivity index (χ3n) is 5.14. The molecule has 1 aliphatic rings. The van der Waals surface area contributed by atoms with Gasteiger partial charge in [0.05, 0.1) is 30.9 Å². The molecule has 0 spiro atoms. The minimum absolute atomic E-state index is 0.0913. The van der Waals surface area contributed by atoms with Crippen LogP contribution in [0.2, 0.25) is 0 Å². The van der Waals surface area contributed by atoms with Crippen LogP contribution in [-0.4, -0.2) is 32.8 Å². The van der Waals surface area contributed by atoms with Crippen molar-refractivity contribution in [1.29, 1.82) is 0 Å². The Morgan fingerprint density at radius 1 is 0.935 bits per heavy atom. The number of nitrogens with zero attached hydrogens (tertiary/aromatic N) is 2. The highest BCUT2D eigenvalue weighted by atomic mass is 32.2. The summed E-state index contributed by atoms with van der Waals surface area (Å²) in [7, 11) is -0.944. The fraction of sp³-hybridized carbons (Fsp3) is 0.174. The van der Waals surface area contributed by atoms with Crippen LogP contribution in [0.3, 0.4) is 0 Å². The van der Waals surface area contributed by atoms with Crippen molar-refractivity contribution in [2.75, 3.05) is 14.2 Å². The Labute approximate surface area is 180 Å². The lowest BCUT2D eigenvalue weighted by Crippen LogP contribution is -2.27. The van der Waals surface area contributed by atoms with E-state index in [0.717, 1.165) is 4.41 Å². The highest BCUT2D eigenvalue weighted by Gasteiger charge is 2.39. The van der Waals surface area contributed by atoms with Crippen LogP contribution in [0.5, 0.6) is 11.5 Å². The fourth-order valence-corrected chi connectivity index (χ4v) is 5.02. The Morgan fingerprint density at radius 2 is 1.61 bits per heavy atom. The van der Waals surface area contributed by atoms with Crippen LogP contribution in [0.25, 0.3) is 0 Å². The van der Waals surface area contributed by atoms with E-state index >= 15 is 0 Å². The molecule has 1 aliphatic heterocycles. The maximum atomic E-state index is 14.6. The Morgan fingerprint density at radius 3 is 2.29 bits per heavy atom. The highest BCUT2D eigenvalue weighted by molar-refractivity contribution is 7.89. The molecule has 6 nitrogen and oxygen atoms in total. The Hall–Kier alpha value is -3.39. The molecule has 160 valence electrons. The van der Waals surface area contributed by atoms with Crippen molar-refractivity contribution in [3.8, 4) is 11.5 Å². The SMILES string of the molecule is COc1ccc(C2=NN(S(=O)(=O)c3ccccc3)[C@@H](c3ccccc3F)C2)cc1OC. The lowest BCUT2D eigenvalue weighted by molar-refractivity contribution is 0.355. The first kappa shape index (κ1) is 20.9. The molecule has 1 atom stereocenters. The van der Waals surface area contributed by atoms with Gasteiger partial charge in [0, 0.05) is 17.5 Å². The van der Waals surface area contributed by atoms with Crippen molar-refractivity contribution in [3.63, 3.8) is 0 Å². The first-order valence-electron chi connectivity index (χ1n) is 9.59. The van der Waals surface area contributed by atoms with Gasteiger partial charge in [-0.2, -0.15) is 17.9 Å². The van der Waals surface area contributed by atoms with Gasteiger partial charge in [0.15, 0.2) is 11.5 Å². The molecule has 8 heteroatoms. The normalized spacial score (nSPS) is 16.2. The maximum absolute atomic E-state index is 14.6. The van der Waals surface area contributed by atoms with Gasteiger partial charge < -0.3 is 9.47 Å². The predicted octanol–water partition coefficient (Wildman–Crippen LogP) is 4.38. The van der Waals surface area contributed by atoms with Gasteiger partial charge in [-0.3, -0.25) is 0 Å². The Bertz CT molecular complexity index is 1230. The molecule has 0 aliphatic carbocycles. The average Bonchev–Trinajstić information content (AvgIpc) is 3.25. The lowest BCUT2D eigenvalue weighted by atomic mass is 9.98. The van der Waals surface area contributed by atoms with E-state index < -0.39 is 21.9 Å². The van der Waals surface area contributed by atoms with Gasteiger partial charge >= 0.3 is 0 Å². The molecule has 0 saturated carbocycles. The second kappa shape index (κ2) is 8.39. The molecule has 4 rings (SSSR count). The lowest BCUT2D eigenvalue weighted by Gasteiger charge is -2.23. The number of halogens is 1. The monoisotopic (exact) mass is 440 g/mol. The average molecular weight is 440 g/mol. The number of sulfonamides is 1. The van der Waals surface area contributed by atoms with Crippen LogP contribution >= 0.6 is 0 Å². The molecule has 0 fully saturated rings. The summed E-state index contributed by atoms with van der Waals surface area (Å²) < 4.78 is 53.0. The van der Waals surface area contributed by atoms with Crippen LogP contribution in [0.4, 0.5) is 4.39 Å². The summed E-state index contributed by atoms with van der Waals surface area (Å²) in [5.41, 5.74) is 1.44.